The van der Waals surface area contributed by atoms with Gasteiger partial charge in [0.25, 0.3) is 5.91 Å². The van der Waals surface area contributed by atoms with Crippen molar-refractivity contribution in [2.45, 2.75) is 12.7 Å². The summed E-state index contributed by atoms with van der Waals surface area (Å²) in [5.41, 5.74) is 3.34. The molecule has 0 saturated heterocycles. The van der Waals surface area contributed by atoms with Crippen molar-refractivity contribution in [3.63, 3.8) is 0 Å². The number of ether oxygens (including phenoxy) is 2. The van der Waals surface area contributed by atoms with Gasteiger partial charge < -0.3 is 19.7 Å². The van der Waals surface area contributed by atoms with E-state index in [4.69, 9.17) is 21.1 Å². The molecule has 0 spiro atoms. The first kappa shape index (κ1) is 19.2. The van der Waals surface area contributed by atoms with E-state index in [1.54, 1.807) is 19.1 Å². The maximum Gasteiger partial charge on any atom is 0.256 e. The van der Waals surface area contributed by atoms with Crippen LogP contribution < -0.4 is 14.8 Å². The van der Waals surface area contributed by atoms with E-state index in [9.17, 15) is 4.79 Å². The summed E-state index contributed by atoms with van der Waals surface area (Å²) >= 11 is 6.35. The van der Waals surface area contributed by atoms with Crippen LogP contribution in [0, 0.1) is 0 Å². The van der Waals surface area contributed by atoms with E-state index in [-0.39, 0.29) is 12.1 Å². The van der Waals surface area contributed by atoms with Gasteiger partial charge in [-0.3, -0.25) is 4.79 Å². The average molecular weight is 409 g/mol. The summed E-state index contributed by atoms with van der Waals surface area (Å²) in [5.74, 6) is 1.24. The van der Waals surface area contributed by atoms with E-state index in [0.717, 1.165) is 16.8 Å². The van der Waals surface area contributed by atoms with Crippen molar-refractivity contribution >= 4 is 23.2 Å². The molecule has 1 N–H and O–H groups in total. The largest absolute Gasteiger partial charge is 0.493 e. The average Bonchev–Trinajstić information content (AvgIpc) is 3.01. The summed E-state index contributed by atoms with van der Waals surface area (Å²) in [5, 5.41) is 4.11. The molecule has 1 atom stereocenters. The molecule has 0 radical (unpaired) electrons. The quantitative estimate of drug-likeness (QED) is 0.614. The number of anilines is 1. The van der Waals surface area contributed by atoms with Gasteiger partial charge in [0.15, 0.2) is 11.5 Å². The van der Waals surface area contributed by atoms with E-state index in [2.05, 4.69) is 5.32 Å². The second-order valence-electron chi connectivity index (χ2n) is 6.73. The lowest BCUT2D eigenvalue weighted by Gasteiger charge is -2.28. The van der Waals surface area contributed by atoms with Crippen LogP contribution in [0.15, 0.2) is 66.7 Å². The molecule has 1 aliphatic rings. The lowest BCUT2D eigenvalue weighted by atomic mass is 10.1. The molecule has 5 nitrogen and oxygen atoms in total. The maximum absolute atomic E-state index is 13.1. The van der Waals surface area contributed by atoms with Crippen molar-refractivity contribution in [1.29, 1.82) is 0 Å². The predicted octanol–water partition coefficient (Wildman–Crippen LogP) is 5.12. The molecule has 0 fully saturated rings. The molecule has 0 unspecified atom stereocenters. The molecule has 1 heterocycles. The van der Waals surface area contributed by atoms with Gasteiger partial charge in [0, 0.05) is 34.4 Å². The fourth-order valence-electron chi connectivity index (χ4n) is 3.58. The van der Waals surface area contributed by atoms with E-state index < -0.39 is 0 Å². The molecule has 1 aliphatic heterocycles. The van der Waals surface area contributed by atoms with Crippen LogP contribution in [0.5, 0.6) is 11.5 Å². The SMILES string of the molecule is COc1ccc(N[C@@H]2c3ccccc3C(=O)N2Cc2ccccc2Cl)cc1OC. The number of rotatable bonds is 6. The van der Waals surface area contributed by atoms with E-state index in [1.807, 2.05) is 66.7 Å². The van der Waals surface area contributed by atoms with Gasteiger partial charge in [-0.1, -0.05) is 48.0 Å². The number of methoxy groups -OCH3 is 2. The van der Waals surface area contributed by atoms with Crippen molar-refractivity contribution < 1.29 is 14.3 Å². The third-order valence-electron chi connectivity index (χ3n) is 5.04. The van der Waals surface area contributed by atoms with Gasteiger partial charge in [-0.15, -0.1) is 0 Å². The van der Waals surface area contributed by atoms with Gasteiger partial charge in [-0.25, -0.2) is 0 Å². The van der Waals surface area contributed by atoms with E-state index >= 15 is 0 Å². The molecule has 0 aromatic heterocycles. The van der Waals surface area contributed by atoms with Crippen LogP contribution in [-0.2, 0) is 6.54 Å². The normalized spacial score (nSPS) is 15.2. The highest BCUT2D eigenvalue weighted by molar-refractivity contribution is 6.31. The first-order valence-corrected chi connectivity index (χ1v) is 9.62. The number of halogens is 1. The first-order chi connectivity index (χ1) is 14.1. The minimum absolute atomic E-state index is 0.0292. The maximum atomic E-state index is 13.1. The van der Waals surface area contributed by atoms with E-state index in [1.165, 1.54) is 0 Å². The summed E-state index contributed by atoms with van der Waals surface area (Å²) in [7, 11) is 3.20. The summed E-state index contributed by atoms with van der Waals surface area (Å²) < 4.78 is 10.7. The number of hydrogen-bond acceptors (Lipinski definition) is 4. The van der Waals surface area contributed by atoms with Crippen LogP contribution >= 0.6 is 11.6 Å². The summed E-state index contributed by atoms with van der Waals surface area (Å²) in [6, 6.07) is 20.8. The molecular formula is C23H21ClN2O3. The van der Waals surface area contributed by atoms with Crippen LogP contribution in [0.4, 0.5) is 5.69 Å². The van der Waals surface area contributed by atoms with Crippen molar-refractivity contribution in [2.24, 2.45) is 0 Å². The number of fused-ring (bicyclic) bond motifs is 1. The van der Waals surface area contributed by atoms with E-state index in [0.29, 0.717) is 28.6 Å². The number of carbonyl (C=O) groups excluding carboxylic acids is 1. The first-order valence-electron chi connectivity index (χ1n) is 9.24. The fourth-order valence-corrected chi connectivity index (χ4v) is 3.78. The molecule has 29 heavy (non-hydrogen) atoms. The third kappa shape index (κ3) is 3.61. The molecular weight excluding hydrogens is 388 g/mol. The third-order valence-corrected chi connectivity index (χ3v) is 5.41. The Bertz CT molecular complexity index is 1050. The van der Waals surface area contributed by atoms with Crippen LogP contribution in [0.1, 0.15) is 27.7 Å². The van der Waals surface area contributed by atoms with Crippen molar-refractivity contribution in [1.82, 2.24) is 4.90 Å². The second kappa shape index (κ2) is 8.05. The Hall–Kier alpha value is -3.18. The zero-order chi connectivity index (χ0) is 20.4. The van der Waals surface area contributed by atoms with Crippen LogP contribution in [0.2, 0.25) is 5.02 Å². The van der Waals surface area contributed by atoms with Crippen molar-refractivity contribution in [3.05, 3.63) is 88.4 Å². The number of nitrogens with one attached hydrogen (secondary N) is 1. The molecule has 3 aromatic rings. The molecule has 0 saturated carbocycles. The summed E-state index contributed by atoms with van der Waals surface area (Å²) in [6.45, 7) is 0.401. The molecule has 3 aromatic carbocycles. The minimum Gasteiger partial charge on any atom is -0.493 e. The van der Waals surface area contributed by atoms with Gasteiger partial charge in [0.05, 0.1) is 14.2 Å². The Morgan fingerprint density at radius 3 is 2.45 bits per heavy atom. The lowest BCUT2D eigenvalue weighted by molar-refractivity contribution is 0.0729. The molecule has 0 aliphatic carbocycles. The zero-order valence-corrected chi connectivity index (χ0v) is 16.9. The molecule has 0 bridgehead atoms. The monoisotopic (exact) mass is 408 g/mol. The Labute approximate surface area is 174 Å². The Morgan fingerprint density at radius 2 is 1.69 bits per heavy atom. The Kier molecular flexibility index (Phi) is 5.32. The fraction of sp³-hybridized carbons (Fsp3) is 0.174. The smallest absolute Gasteiger partial charge is 0.256 e. The Balaban J connectivity index is 1.70. The highest BCUT2D eigenvalue weighted by atomic mass is 35.5. The predicted molar refractivity (Wildman–Crippen MR) is 114 cm³/mol. The van der Waals surface area contributed by atoms with Crippen molar-refractivity contribution in [2.75, 3.05) is 19.5 Å². The topological polar surface area (TPSA) is 50.8 Å². The van der Waals surface area contributed by atoms with Gasteiger partial charge in [0.2, 0.25) is 0 Å². The minimum atomic E-state index is -0.326. The van der Waals surface area contributed by atoms with Gasteiger partial charge in [-0.05, 0) is 29.8 Å². The highest BCUT2D eigenvalue weighted by Gasteiger charge is 2.36. The summed E-state index contributed by atoms with van der Waals surface area (Å²) in [6.07, 6.45) is -0.326. The molecule has 148 valence electrons. The number of amides is 1. The van der Waals surface area contributed by atoms with Crippen LogP contribution in [-0.4, -0.2) is 25.0 Å². The zero-order valence-electron chi connectivity index (χ0n) is 16.2. The second-order valence-corrected chi connectivity index (χ2v) is 7.14. The van der Waals surface area contributed by atoms with Crippen LogP contribution in [0.3, 0.4) is 0 Å². The molecule has 4 rings (SSSR count). The van der Waals surface area contributed by atoms with Gasteiger partial charge in [0.1, 0.15) is 6.17 Å². The molecule has 6 heteroatoms. The molecule has 1 amide bonds. The summed E-state index contributed by atoms with van der Waals surface area (Å²) in [4.78, 5) is 14.9. The number of hydrogen-bond donors (Lipinski definition) is 1. The number of benzene rings is 3. The van der Waals surface area contributed by atoms with Gasteiger partial charge >= 0.3 is 0 Å². The standard InChI is InChI=1S/C23H21ClN2O3/c1-28-20-12-11-16(13-21(20)29-2)25-22-17-8-4-5-9-18(17)23(27)26(22)14-15-7-3-6-10-19(15)24/h3-13,22,25H,14H2,1-2H3/t22-/m0/s1. The lowest BCUT2D eigenvalue weighted by Crippen LogP contribution is -2.32. The Morgan fingerprint density at radius 1 is 0.966 bits per heavy atom. The highest BCUT2D eigenvalue weighted by Crippen LogP contribution is 2.38. The van der Waals surface area contributed by atoms with Crippen LogP contribution in [0.25, 0.3) is 0 Å². The number of carbonyl (C=O) groups is 1. The number of nitrogens with zero attached hydrogens (tertiary/aromatic N) is 1. The van der Waals surface area contributed by atoms with Gasteiger partial charge in [-0.2, -0.15) is 0 Å². The van der Waals surface area contributed by atoms with Crippen molar-refractivity contribution in [3.8, 4) is 11.5 Å².